The van der Waals surface area contributed by atoms with Crippen LogP contribution in [0.15, 0.2) is 35.9 Å². The molecule has 6 unspecified atom stereocenters. The molecule has 2 bridgehead atoms. The number of aliphatic hydroxyl groups is 1. The van der Waals surface area contributed by atoms with E-state index in [2.05, 4.69) is 40.9 Å². The van der Waals surface area contributed by atoms with Crippen LogP contribution in [0.2, 0.25) is 0 Å². The van der Waals surface area contributed by atoms with Crippen LogP contribution in [0.4, 0.5) is 0 Å². The van der Waals surface area contributed by atoms with Gasteiger partial charge in [0, 0.05) is 35.9 Å². The Bertz CT molecular complexity index is 1290. The van der Waals surface area contributed by atoms with Crippen LogP contribution < -0.4 is 0 Å². The maximum Gasteiger partial charge on any atom is 0.302 e. The standard InChI is InChI=1S/C26H29NO3.C4H8O3/c1-24(2)23-20(28)13-18-17-9-8-14-12-16-15-6-4-5-7-19(15)27-22(16)21(14)25(17,3)10-11-26(18,29-23)30-24;1-4(6)7-3-2-5/h4-7,13-14,17,21,23,27H,8-12H2,1-3H3;5H,2-3H2,1H3. The Morgan fingerprint density at radius 3 is 2.70 bits per heavy atom. The third-order valence-corrected chi connectivity index (χ3v) is 9.56. The fraction of sp³-hybridized carbons (Fsp3) is 0.600. The fourth-order valence-electron chi connectivity index (χ4n) is 8.17. The summed E-state index contributed by atoms with van der Waals surface area (Å²) in [7, 11) is 0. The number of hydrogen-bond donors (Lipinski definition) is 2. The lowest BCUT2D eigenvalue weighted by Crippen LogP contribution is -2.54. The summed E-state index contributed by atoms with van der Waals surface area (Å²) in [5.41, 5.74) is 4.95. The van der Waals surface area contributed by atoms with Crippen molar-refractivity contribution in [1.82, 2.24) is 4.98 Å². The second-order valence-corrected chi connectivity index (χ2v) is 12.2. The molecule has 3 fully saturated rings. The highest BCUT2D eigenvalue weighted by Crippen LogP contribution is 2.68. The van der Waals surface area contributed by atoms with Crippen molar-refractivity contribution in [1.29, 1.82) is 0 Å². The second kappa shape index (κ2) is 8.52. The van der Waals surface area contributed by atoms with Crippen LogP contribution in [-0.2, 0) is 30.2 Å². The van der Waals surface area contributed by atoms with Crippen LogP contribution in [0, 0.1) is 17.3 Å². The Hall–Kier alpha value is -2.48. The summed E-state index contributed by atoms with van der Waals surface area (Å²) in [5, 5.41) is 9.43. The maximum absolute atomic E-state index is 13.0. The molecule has 2 aromatic rings. The minimum absolute atomic E-state index is 0.0900. The van der Waals surface area contributed by atoms with E-state index in [9.17, 15) is 9.59 Å². The average molecular weight is 508 g/mol. The van der Waals surface area contributed by atoms with Crippen molar-refractivity contribution in [2.75, 3.05) is 13.2 Å². The minimum Gasteiger partial charge on any atom is -0.463 e. The summed E-state index contributed by atoms with van der Waals surface area (Å²) in [6.07, 6.45) is 6.88. The summed E-state index contributed by atoms with van der Waals surface area (Å²) in [4.78, 5) is 26.6. The predicted molar refractivity (Wildman–Crippen MR) is 138 cm³/mol. The molecule has 7 nitrogen and oxygen atoms in total. The van der Waals surface area contributed by atoms with Gasteiger partial charge in [0.25, 0.3) is 0 Å². The zero-order chi connectivity index (χ0) is 26.2. The lowest BCUT2D eigenvalue weighted by atomic mass is 9.50. The third-order valence-electron chi connectivity index (χ3n) is 9.56. The number of ketones is 1. The molecule has 198 valence electrons. The summed E-state index contributed by atoms with van der Waals surface area (Å²) in [5.74, 6) is 0.603. The molecular weight excluding hydrogens is 470 g/mol. The second-order valence-electron chi connectivity index (χ2n) is 12.2. The van der Waals surface area contributed by atoms with Crippen LogP contribution in [0.1, 0.15) is 70.6 Å². The average Bonchev–Trinajstić information content (AvgIpc) is 3.46. The summed E-state index contributed by atoms with van der Waals surface area (Å²) in [6.45, 7) is 7.78. The number of benzene rings is 1. The van der Waals surface area contributed by atoms with Gasteiger partial charge in [-0.2, -0.15) is 0 Å². The van der Waals surface area contributed by atoms with Gasteiger partial charge in [-0.05, 0) is 80.1 Å². The summed E-state index contributed by atoms with van der Waals surface area (Å²) >= 11 is 0. The number of carbonyl (C=O) groups excluding carboxylic acids is 2. The van der Waals surface area contributed by atoms with Crippen LogP contribution in [0.25, 0.3) is 10.9 Å². The van der Waals surface area contributed by atoms with Gasteiger partial charge in [0.2, 0.25) is 0 Å². The number of rotatable bonds is 2. The number of fused-ring (bicyclic) bond motifs is 9. The molecular formula is C30H37NO6. The lowest BCUT2D eigenvalue weighted by molar-refractivity contribution is -0.199. The molecule has 1 spiro atoms. The Kier molecular flexibility index (Phi) is 5.72. The van der Waals surface area contributed by atoms with Crippen LogP contribution in [-0.4, -0.2) is 52.5 Å². The molecule has 6 atom stereocenters. The van der Waals surface area contributed by atoms with Gasteiger partial charge in [0.15, 0.2) is 17.7 Å². The molecule has 0 amide bonds. The third kappa shape index (κ3) is 3.65. The van der Waals surface area contributed by atoms with E-state index in [1.54, 1.807) is 0 Å². The van der Waals surface area contributed by atoms with Crippen molar-refractivity contribution < 1.29 is 28.9 Å². The van der Waals surface area contributed by atoms with E-state index in [4.69, 9.17) is 14.6 Å². The van der Waals surface area contributed by atoms with E-state index in [-0.39, 0.29) is 30.4 Å². The zero-order valence-corrected chi connectivity index (χ0v) is 22.1. The number of nitrogens with one attached hydrogen (secondary N) is 1. The van der Waals surface area contributed by atoms with E-state index in [1.165, 1.54) is 41.9 Å². The number of para-hydroxylation sites is 1. The Balaban J connectivity index is 0.000000321. The molecule has 0 radical (unpaired) electrons. The number of ether oxygens (including phenoxy) is 3. The van der Waals surface area contributed by atoms with Gasteiger partial charge in [-0.1, -0.05) is 25.1 Å². The van der Waals surface area contributed by atoms with Crippen LogP contribution in [0.3, 0.4) is 0 Å². The summed E-state index contributed by atoms with van der Waals surface area (Å²) < 4.78 is 17.2. The number of aromatic nitrogens is 1. The van der Waals surface area contributed by atoms with E-state index in [0.717, 1.165) is 24.8 Å². The molecule has 1 saturated heterocycles. The molecule has 37 heavy (non-hydrogen) atoms. The van der Waals surface area contributed by atoms with E-state index >= 15 is 0 Å². The Labute approximate surface area is 217 Å². The van der Waals surface area contributed by atoms with Gasteiger partial charge in [-0.3, -0.25) is 9.59 Å². The molecule has 7 heteroatoms. The Morgan fingerprint density at radius 1 is 1.19 bits per heavy atom. The highest BCUT2D eigenvalue weighted by Gasteiger charge is 2.66. The van der Waals surface area contributed by atoms with E-state index in [1.807, 2.05) is 19.9 Å². The monoisotopic (exact) mass is 507 g/mol. The molecule has 1 aromatic carbocycles. The first-order valence-corrected chi connectivity index (χ1v) is 13.6. The van der Waals surface area contributed by atoms with Gasteiger partial charge in [-0.25, -0.2) is 0 Å². The quantitative estimate of drug-likeness (QED) is 0.578. The van der Waals surface area contributed by atoms with Gasteiger partial charge in [0.1, 0.15) is 12.2 Å². The minimum atomic E-state index is -0.680. The predicted octanol–water partition coefficient (Wildman–Crippen LogP) is 4.58. The SMILES string of the molecule is CC(=O)OCCO.CC1(C)OC23CCC4(C)C(CCC5Cc6c([nH]c7ccccc67)C54)C2=CC(=O)C1O3. The first-order chi connectivity index (χ1) is 17.6. The van der Waals surface area contributed by atoms with E-state index in [0.29, 0.717) is 17.8 Å². The molecule has 2 N–H and O–H groups in total. The molecule has 3 heterocycles. The summed E-state index contributed by atoms with van der Waals surface area (Å²) in [6, 6.07) is 8.74. The number of aromatic amines is 1. The van der Waals surface area contributed by atoms with Crippen molar-refractivity contribution >= 4 is 22.7 Å². The molecule has 7 rings (SSSR count). The normalized spacial score (nSPS) is 36.5. The zero-order valence-electron chi connectivity index (χ0n) is 22.1. The first-order valence-electron chi connectivity index (χ1n) is 13.6. The largest absolute Gasteiger partial charge is 0.463 e. The van der Waals surface area contributed by atoms with Gasteiger partial charge >= 0.3 is 5.97 Å². The number of aliphatic hydroxyl groups excluding tert-OH is 1. The highest BCUT2D eigenvalue weighted by atomic mass is 16.8. The van der Waals surface area contributed by atoms with Gasteiger partial charge in [0.05, 0.1) is 6.61 Å². The smallest absolute Gasteiger partial charge is 0.302 e. The van der Waals surface area contributed by atoms with Crippen molar-refractivity contribution in [3.8, 4) is 0 Å². The first kappa shape index (κ1) is 24.8. The van der Waals surface area contributed by atoms with Crippen molar-refractivity contribution in [2.24, 2.45) is 17.3 Å². The van der Waals surface area contributed by atoms with Crippen LogP contribution >= 0.6 is 0 Å². The highest BCUT2D eigenvalue weighted by molar-refractivity contribution is 5.97. The van der Waals surface area contributed by atoms with Crippen molar-refractivity contribution in [2.45, 2.75) is 83.2 Å². The molecule has 5 aliphatic rings. The number of hydrogen-bond acceptors (Lipinski definition) is 6. The van der Waals surface area contributed by atoms with Crippen molar-refractivity contribution in [3.63, 3.8) is 0 Å². The number of H-pyrrole nitrogens is 1. The Morgan fingerprint density at radius 2 is 1.97 bits per heavy atom. The fourth-order valence-corrected chi connectivity index (χ4v) is 8.17. The molecule has 3 aliphatic carbocycles. The molecule has 2 aliphatic heterocycles. The lowest BCUT2D eigenvalue weighted by Gasteiger charge is -2.57. The van der Waals surface area contributed by atoms with Gasteiger partial charge < -0.3 is 24.3 Å². The van der Waals surface area contributed by atoms with Crippen LogP contribution in [0.5, 0.6) is 0 Å². The van der Waals surface area contributed by atoms with E-state index < -0.39 is 17.5 Å². The van der Waals surface area contributed by atoms with Gasteiger partial charge in [-0.15, -0.1) is 0 Å². The molecule has 1 aromatic heterocycles. The molecule has 2 saturated carbocycles. The topological polar surface area (TPSA) is 97.9 Å². The van der Waals surface area contributed by atoms with Crippen molar-refractivity contribution in [3.05, 3.63) is 47.2 Å². The number of carbonyl (C=O) groups is 2. The number of esters is 1. The maximum atomic E-state index is 13.0.